The zero-order valence-electron chi connectivity index (χ0n) is 11.8. The van der Waals surface area contributed by atoms with Crippen molar-refractivity contribution in [3.05, 3.63) is 53.9 Å². The van der Waals surface area contributed by atoms with Gasteiger partial charge in [-0.05, 0) is 18.1 Å². The first-order valence-electron chi connectivity index (χ1n) is 6.66. The van der Waals surface area contributed by atoms with Gasteiger partial charge in [0.15, 0.2) is 0 Å². The maximum atomic E-state index is 11.9. The Morgan fingerprint density at radius 1 is 1.33 bits per heavy atom. The van der Waals surface area contributed by atoms with E-state index in [0.29, 0.717) is 6.42 Å². The predicted octanol–water partition coefficient (Wildman–Crippen LogP) is 0.404. The Morgan fingerprint density at radius 2 is 2.05 bits per heavy atom. The zero-order chi connectivity index (χ0) is 15.2. The van der Waals surface area contributed by atoms with Gasteiger partial charge in [0.25, 0.3) is 0 Å². The summed E-state index contributed by atoms with van der Waals surface area (Å²) in [5, 5.41) is 6.68. The molecule has 0 saturated carbocycles. The summed E-state index contributed by atoms with van der Waals surface area (Å²) < 4.78 is 1.52. The highest BCUT2D eigenvalue weighted by molar-refractivity contribution is 5.86. The van der Waals surface area contributed by atoms with Crippen molar-refractivity contribution in [2.24, 2.45) is 5.73 Å². The van der Waals surface area contributed by atoms with Gasteiger partial charge in [-0.2, -0.15) is 5.10 Å². The van der Waals surface area contributed by atoms with E-state index in [1.807, 2.05) is 37.3 Å². The second-order valence-corrected chi connectivity index (χ2v) is 4.93. The summed E-state index contributed by atoms with van der Waals surface area (Å²) in [7, 11) is 0. The van der Waals surface area contributed by atoms with Crippen molar-refractivity contribution in [1.29, 1.82) is 0 Å². The molecule has 0 aliphatic heterocycles. The highest BCUT2D eigenvalue weighted by Crippen LogP contribution is 2.03. The number of aromatic nitrogens is 2. The molecule has 0 bridgehead atoms. The van der Waals surface area contributed by atoms with Crippen molar-refractivity contribution in [3.8, 4) is 0 Å². The average molecular weight is 286 g/mol. The zero-order valence-corrected chi connectivity index (χ0v) is 11.8. The molecule has 1 heterocycles. The van der Waals surface area contributed by atoms with Crippen LogP contribution in [-0.4, -0.2) is 27.6 Å². The Kier molecular flexibility index (Phi) is 4.71. The minimum Gasteiger partial charge on any atom is -0.368 e. The van der Waals surface area contributed by atoms with Crippen LogP contribution in [0, 0.1) is 6.92 Å². The number of amides is 2. The van der Waals surface area contributed by atoms with Crippen LogP contribution in [0.3, 0.4) is 0 Å². The Balaban J connectivity index is 1.96. The van der Waals surface area contributed by atoms with Crippen molar-refractivity contribution in [3.63, 3.8) is 0 Å². The number of nitrogens with one attached hydrogen (secondary N) is 1. The predicted molar refractivity (Wildman–Crippen MR) is 78.2 cm³/mol. The number of primary amides is 1. The van der Waals surface area contributed by atoms with Gasteiger partial charge in [0.1, 0.15) is 12.6 Å². The lowest BCUT2D eigenvalue weighted by molar-refractivity contribution is -0.127. The van der Waals surface area contributed by atoms with Gasteiger partial charge < -0.3 is 11.1 Å². The fraction of sp³-hybridized carbons (Fsp3) is 0.267. The lowest BCUT2D eigenvalue weighted by atomic mass is 10.1. The third-order valence-electron chi connectivity index (χ3n) is 3.03. The van der Waals surface area contributed by atoms with E-state index in [4.69, 9.17) is 5.73 Å². The van der Waals surface area contributed by atoms with E-state index in [1.54, 1.807) is 12.4 Å². The van der Waals surface area contributed by atoms with Crippen LogP contribution in [-0.2, 0) is 22.6 Å². The molecular formula is C15H18N4O2. The van der Waals surface area contributed by atoms with Gasteiger partial charge in [-0.3, -0.25) is 14.3 Å². The van der Waals surface area contributed by atoms with Gasteiger partial charge in [0.05, 0.1) is 6.20 Å². The van der Waals surface area contributed by atoms with Gasteiger partial charge in [-0.1, -0.05) is 30.3 Å². The van der Waals surface area contributed by atoms with Crippen LogP contribution in [0.1, 0.15) is 11.1 Å². The van der Waals surface area contributed by atoms with E-state index >= 15 is 0 Å². The van der Waals surface area contributed by atoms with E-state index in [9.17, 15) is 9.59 Å². The van der Waals surface area contributed by atoms with Crippen LogP contribution in [0.15, 0.2) is 42.7 Å². The first-order valence-corrected chi connectivity index (χ1v) is 6.66. The molecule has 3 N–H and O–H groups in total. The monoisotopic (exact) mass is 286 g/mol. The summed E-state index contributed by atoms with van der Waals surface area (Å²) in [6.07, 6.45) is 3.80. The molecule has 0 aliphatic rings. The number of hydrogen-bond acceptors (Lipinski definition) is 3. The lowest BCUT2D eigenvalue weighted by Gasteiger charge is -2.15. The first kappa shape index (κ1) is 14.8. The number of nitrogens with two attached hydrogens (primary N) is 1. The number of rotatable bonds is 6. The Labute approximate surface area is 122 Å². The Hall–Kier alpha value is -2.63. The molecule has 1 aromatic carbocycles. The quantitative estimate of drug-likeness (QED) is 0.805. The van der Waals surface area contributed by atoms with Crippen molar-refractivity contribution in [1.82, 2.24) is 15.1 Å². The molecule has 1 aromatic heterocycles. The van der Waals surface area contributed by atoms with E-state index in [2.05, 4.69) is 10.4 Å². The number of aryl methyl sites for hydroxylation is 1. The third-order valence-corrected chi connectivity index (χ3v) is 3.03. The minimum absolute atomic E-state index is 0.0619. The number of benzene rings is 1. The average Bonchev–Trinajstić information content (AvgIpc) is 2.84. The van der Waals surface area contributed by atoms with E-state index in [1.165, 1.54) is 4.68 Å². The molecule has 0 fully saturated rings. The molecule has 2 amide bonds. The summed E-state index contributed by atoms with van der Waals surface area (Å²) in [5.74, 6) is -0.846. The molecule has 0 spiro atoms. The van der Waals surface area contributed by atoms with Crippen molar-refractivity contribution < 1.29 is 9.59 Å². The van der Waals surface area contributed by atoms with Crippen LogP contribution in [0.5, 0.6) is 0 Å². The summed E-state index contributed by atoms with van der Waals surface area (Å²) in [6.45, 7) is 1.95. The third kappa shape index (κ3) is 4.45. The van der Waals surface area contributed by atoms with Gasteiger partial charge in [0.2, 0.25) is 11.8 Å². The molecule has 0 radical (unpaired) electrons. The van der Waals surface area contributed by atoms with Crippen molar-refractivity contribution in [2.45, 2.75) is 25.9 Å². The molecule has 2 aromatic rings. The second-order valence-electron chi connectivity index (χ2n) is 4.93. The van der Waals surface area contributed by atoms with Gasteiger partial charge >= 0.3 is 0 Å². The first-order chi connectivity index (χ1) is 10.0. The summed E-state index contributed by atoms with van der Waals surface area (Å²) >= 11 is 0. The molecule has 110 valence electrons. The van der Waals surface area contributed by atoms with Crippen LogP contribution in [0.4, 0.5) is 0 Å². The molecule has 2 rings (SSSR count). The molecule has 21 heavy (non-hydrogen) atoms. The molecule has 0 aliphatic carbocycles. The minimum atomic E-state index is -0.725. The maximum Gasteiger partial charge on any atom is 0.242 e. The highest BCUT2D eigenvalue weighted by atomic mass is 16.2. The van der Waals surface area contributed by atoms with Crippen molar-refractivity contribution in [2.75, 3.05) is 0 Å². The molecule has 6 heteroatoms. The highest BCUT2D eigenvalue weighted by Gasteiger charge is 2.18. The number of carbonyl (C=O) groups is 2. The summed E-state index contributed by atoms with van der Waals surface area (Å²) in [6, 6.07) is 8.69. The van der Waals surface area contributed by atoms with Gasteiger partial charge in [-0.15, -0.1) is 0 Å². The fourth-order valence-corrected chi connectivity index (χ4v) is 2.01. The summed E-state index contributed by atoms with van der Waals surface area (Å²) in [5.41, 5.74) is 7.27. The SMILES string of the molecule is Cc1cnn(CC(=O)N[C@@H](Cc2ccccc2)C(N)=O)c1. The number of hydrogen-bond donors (Lipinski definition) is 2. The topological polar surface area (TPSA) is 90.0 Å². The molecule has 0 unspecified atom stereocenters. The van der Waals surface area contributed by atoms with E-state index < -0.39 is 11.9 Å². The van der Waals surface area contributed by atoms with Crippen LogP contribution < -0.4 is 11.1 Å². The van der Waals surface area contributed by atoms with Crippen LogP contribution in [0.25, 0.3) is 0 Å². The fourth-order valence-electron chi connectivity index (χ4n) is 2.01. The van der Waals surface area contributed by atoms with Crippen LogP contribution in [0.2, 0.25) is 0 Å². The van der Waals surface area contributed by atoms with Crippen LogP contribution >= 0.6 is 0 Å². The van der Waals surface area contributed by atoms with E-state index in [-0.39, 0.29) is 12.5 Å². The smallest absolute Gasteiger partial charge is 0.242 e. The van der Waals surface area contributed by atoms with Gasteiger partial charge in [0, 0.05) is 12.6 Å². The molecular weight excluding hydrogens is 268 g/mol. The molecule has 1 atom stereocenters. The van der Waals surface area contributed by atoms with Crippen molar-refractivity contribution >= 4 is 11.8 Å². The summed E-state index contributed by atoms with van der Waals surface area (Å²) in [4.78, 5) is 23.4. The maximum absolute atomic E-state index is 11.9. The van der Waals surface area contributed by atoms with Gasteiger partial charge in [-0.25, -0.2) is 0 Å². The van der Waals surface area contributed by atoms with E-state index in [0.717, 1.165) is 11.1 Å². The Bertz CT molecular complexity index is 622. The molecule has 6 nitrogen and oxygen atoms in total. The second kappa shape index (κ2) is 6.69. The lowest BCUT2D eigenvalue weighted by Crippen LogP contribution is -2.46. The number of carbonyl (C=O) groups excluding carboxylic acids is 2. The normalized spacial score (nSPS) is 11.9. The Morgan fingerprint density at radius 3 is 2.62 bits per heavy atom. The largest absolute Gasteiger partial charge is 0.368 e. The number of nitrogens with zero attached hydrogens (tertiary/aromatic N) is 2. The molecule has 0 saturated heterocycles. The standard InChI is InChI=1S/C15H18N4O2/c1-11-8-17-19(9-11)10-14(20)18-13(15(16)21)7-12-5-3-2-4-6-12/h2-6,8-9,13H,7,10H2,1H3,(H2,16,21)(H,18,20)/t13-/m0/s1.